The van der Waals surface area contributed by atoms with Crippen LogP contribution in [0.3, 0.4) is 0 Å². The van der Waals surface area contributed by atoms with Gasteiger partial charge in [0.2, 0.25) is 0 Å². The Bertz CT molecular complexity index is 337. The van der Waals surface area contributed by atoms with Gasteiger partial charge in [-0.05, 0) is 49.9 Å². The van der Waals surface area contributed by atoms with E-state index < -0.39 is 0 Å². The summed E-state index contributed by atoms with van der Waals surface area (Å²) in [4.78, 5) is 0. The zero-order chi connectivity index (χ0) is 13.6. The van der Waals surface area contributed by atoms with Gasteiger partial charge in [-0.2, -0.15) is 0 Å². The largest absolute Gasteiger partial charge is 0.494 e. The Balaban J connectivity index is 2.43. The Morgan fingerprint density at radius 2 is 1.78 bits per heavy atom. The molecule has 0 aromatic heterocycles. The molecule has 0 radical (unpaired) electrons. The predicted molar refractivity (Wildman–Crippen MR) is 78.1 cm³/mol. The van der Waals surface area contributed by atoms with Crippen LogP contribution >= 0.6 is 0 Å². The molecule has 102 valence electrons. The highest BCUT2D eigenvalue weighted by Gasteiger charge is 2.11. The van der Waals surface area contributed by atoms with Crippen LogP contribution in [0.5, 0.6) is 5.75 Å². The van der Waals surface area contributed by atoms with Crippen LogP contribution in [0.2, 0.25) is 0 Å². The summed E-state index contributed by atoms with van der Waals surface area (Å²) in [6.07, 6.45) is 1.19. The molecule has 0 spiro atoms. The molecule has 1 aromatic rings. The van der Waals surface area contributed by atoms with Crippen LogP contribution in [0.1, 0.15) is 52.6 Å². The second kappa shape index (κ2) is 6.79. The van der Waals surface area contributed by atoms with Crippen LogP contribution in [-0.2, 0) is 0 Å². The fourth-order valence-electron chi connectivity index (χ4n) is 1.80. The third-order valence-electron chi connectivity index (χ3n) is 3.02. The summed E-state index contributed by atoms with van der Waals surface area (Å²) < 4.78 is 5.45. The van der Waals surface area contributed by atoms with Gasteiger partial charge in [-0.1, -0.05) is 32.9 Å². The summed E-state index contributed by atoms with van der Waals surface area (Å²) >= 11 is 0. The highest BCUT2D eigenvalue weighted by molar-refractivity contribution is 5.28. The van der Waals surface area contributed by atoms with Crippen molar-refractivity contribution in [3.63, 3.8) is 0 Å². The third kappa shape index (κ3) is 5.54. The molecule has 2 heteroatoms. The zero-order valence-corrected chi connectivity index (χ0v) is 12.4. The lowest BCUT2D eigenvalue weighted by Gasteiger charge is -2.21. The summed E-state index contributed by atoms with van der Waals surface area (Å²) in [5.74, 6) is 0.947. The minimum absolute atomic E-state index is 0.392. The van der Waals surface area contributed by atoms with Crippen molar-refractivity contribution in [1.82, 2.24) is 5.32 Å². The zero-order valence-electron chi connectivity index (χ0n) is 12.4. The van der Waals surface area contributed by atoms with Crippen molar-refractivity contribution >= 4 is 0 Å². The van der Waals surface area contributed by atoms with Gasteiger partial charge in [0.25, 0.3) is 0 Å². The SMILES string of the molecule is CCOc1ccc(C(C)NCCC(C)(C)C)cc1. The summed E-state index contributed by atoms with van der Waals surface area (Å²) in [5.41, 5.74) is 1.71. The van der Waals surface area contributed by atoms with Gasteiger partial charge >= 0.3 is 0 Å². The summed E-state index contributed by atoms with van der Waals surface area (Å²) in [6.45, 7) is 12.8. The van der Waals surface area contributed by atoms with Crippen molar-refractivity contribution in [2.75, 3.05) is 13.2 Å². The van der Waals surface area contributed by atoms with Crippen molar-refractivity contribution in [3.8, 4) is 5.75 Å². The van der Waals surface area contributed by atoms with E-state index >= 15 is 0 Å². The van der Waals surface area contributed by atoms with E-state index in [1.165, 1.54) is 12.0 Å². The number of rotatable bonds is 6. The molecule has 1 unspecified atom stereocenters. The second-order valence-electron chi connectivity index (χ2n) is 5.99. The number of ether oxygens (including phenoxy) is 1. The third-order valence-corrected chi connectivity index (χ3v) is 3.02. The van der Waals surface area contributed by atoms with E-state index in [0.717, 1.165) is 18.9 Å². The minimum atomic E-state index is 0.392. The Morgan fingerprint density at radius 3 is 2.28 bits per heavy atom. The molecule has 0 amide bonds. The van der Waals surface area contributed by atoms with Gasteiger partial charge in [0, 0.05) is 6.04 Å². The van der Waals surface area contributed by atoms with Crippen LogP contribution in [0, 0.1) is 5.41 Å². The molecule has 0 heterocycles. The molecule has 0 aliphatic carbocycles. The van der Waals surface area contributed by atoms with Crippen LogP contribution in [0.25, 0.3) is 0 Å². The molecule has 0 saturated heterocycles. The summed E-state index contributed by atoms with van der Waals surface area (Å²) in [5, 5.41) is 3.57. The van der Waals surface area contributed by atoms with Crippen LogP contribution in [0.15, 0.2) is 24.3 Å². The second-order valence-corrected chi connectivity index (χ2v) is 5.99. The standard InChI is InChI=1S/C16H27NO/c1-6-18-15-9-7-14(8-10-15)13(2)17-12-11-16(3,4)5/h7-10,13,17H,6,11-12H2,1-5H3. The molecule has 1 aromatic carbocycles. The summed E-state index contributed by atoms with van der Waals surface area (Å²) in [7, 11) is 0. The van der Waals surface area contributed by atoms with Crippen molar-refractivity contribution in [1.29, 1.82) is 0 Å². The van der Waals surface area contributed by atoms with Gasteiger partial charge in [-0.25, -0.2) is 0 Å². The van der Waals surface area contributed by atoms with E-state index in [0.29, 0.717) is 11.5 Å². The molecule has 2 nitrogen and oxygen atoms in total. The van der Waals surface area contributed by atoms with Gasteiger partial charge in [-0.3, -0.25) is 0 Å². The highest BCUT2D eigenvalue weighted by atomic mass is 16.5. The molecule has 1 atom stereocenters. The molecular weight excluding hydrogens is 222 g/mol. The van der Waals surface area contributed by atoms with Crippen LogP contribution in [-0.4, -0.2) is 13.2 Å². The van der Waals surface area contributed by atoms with E-state index in [2.05, 4.69) is 45.1 Å². The number of nitrogens with one attached hydrogen (secondary N) is 1. The van der Waals surface area contributed by atoms with Gasteiger partial charge in [0.1, 0.15) is 5.75 Å². The van der Waals surface area contributed by atoms with Crippen molar-refractivity contribution in [2.45, 2.75) is 47.1 Å². The first-order valence-electron chi connectivity index (χ1n) is 6.88. The maximum atomic E-state index is 5.45. The Morgan fingerprint density at radius 1 is 1.17 bits per heavy atom. The Labute approximate surface area is 112 Å². The molecular formula is C16H27NO. The number of hydrogen-bond donors (Lipinski definition) is 1. The molecule has 0 bridgehead atoms. The average molecular weight is 249 g/mol. The lowest BCUT2D eigenvalue weighted by molar-refractivity contribution is 0.340. The van der Waals surface area contributed by atoms with E-state index in [4.69, 9.17) is 4.74 Å². The molecule has 0 saturated carbocycles. The maximum Gasteiger partial charge on any atom is 0.119 e. The monoisotopic (exact) mass is 249 g/mol. The first kappa shape index (κ1) is 15.0. The van der Waals surface area contributed by atoms with E-state index in [9.17, 15) is 0 Å². The van der Waals surface area contributed by atoms with Crippen molar-refractivity contribution in [2.24, 2.45) is 5.41 Å². The highest BCUT2D eigenvalue weighted by Crippen LogP contribution is 2.20. The smallest absolute Gasteiger partial charge is 0.119 e. The van der Waals surface area contributed by atoms with Gasteiger partial charge in [0.05, 0.1) is 6.61 Å². The van der Waals surface area contributed by atoms with Gasteiger partial charge in [0.15, 0.2) is 0 Å². The number of benzene rings is 1. The number of hydrogen-bond acceptors (Lipinski definition) is 2. The maximum absolute atomic E-state index is 5.45. The normalized spacial score (nSPS) is 13.4. The van der Waals surface area contributed by atoms with Crippen LogP contribution in [0.4, 0.5) is 0 Å². The first-order valence-corrected chi connectivity index (χ1v) is 6.88. The van der Waals surface area contributed by atoms with E-state index in [-0.39, 0.29) is 0 Å². The van der Waals surface area contributed by atoms with E-state index in [1.54, 1.807) is 0 Å². The molecule has 18 heavy (non-hydrogen) atoms. The average Bonchev–Trinajstić information content (AvgIpc) is 2.28. The lowest BCUT2D eigenvalue weighted by atomic mass is 9.92. The van der Waals surface area contributed by atoms with Crippen molar-refractivity contribution < 1.29 is 4.74 Å². The molecule has 0 fully saturated rings. The Hall–Kier alpha value is -1.02. The predicted octanol–water partition coefficient (Wildman–Crippen LogP) is 4.17. The lowest BCUT2D eigenvalue weighted by Crippen LogP contribution is -2.23. The Kier molecular flexibility index (Phi) is 5.67. The van der Waals surface area contributed by atoms with E-state index in [1.807, 2.05) is 19.1 Å². The topological polar surface area (TPSA) is 21.3 Å². The molecule has 0 aliphatic rings. The minimum Gasteiger partial charge on any atom is -0.494 e. The fourth-order valence-corrected chi connectivity index (χ4v) is 1.80. The fraction of sp³-hybridized carbons (Fsp3) is 0.625. The molecule has 1 rings (SSSR count). The van der Waals surface area contributed by atoms with Gasteiger partial charge < -0.3 is 10.1 Å². The molecule has 0 aliphatic heterocycles. The quantitative estimate of drug-likeness (QED) is 0.817. The van der Waals surface area contributed by atoms with Crippen LogP contribution < -0.4 is 10.1 Å². The first-order chi connectivity index (χ1) is 8.42. The molecule has 1 N–H and O–H groups in total. The van der Waals surface area contributed by atoms with Crippen molar-refractivity contribution in [3.05, 3.63) is 29.8 Å². The summed E-state index contributed by atoms with van der Waals surface area (Å²) in [6, 6.07) is 8.75. The van der Waals surface area contributed by atoms with Gasteiger partial charge in [-0.15, -0.1) is 0 Å².